The molecule has 0 N–H and O–H groups in total. The number of para-hydroxylation sites is 1. The molecule has 1 saturated heterocycles. The van der Waals surface area contributed by atoms with Gasteiger partial charge in [0.2, 0.25) is 7.85 Å². The molecule has 1 aliphatic rings. The second kappa shape index (κ2) is 5.00. The van der Waals surface area contributed by atoms with Gasteiger partial charge in [0.25, 0.3) is 0 Å². The van der Waals surface area contributed by atoms with Crippen molar-refractivity contribution in [2.24, 2.45) is 0 Å². The first-order chi connectivity index (χ1) is 9.24. The number of amides is 1. The van der Waals surface area contributed by atoms with Crippen LogP contribution in [-0.2, 0) is 0 Å². The molecule has 19 heavy (non-hydrogen) atoms. The zero-order valence-electron chi connectivity index (χ0n) is 11.0. The molecule has 1 aliphatic heterocycles. The van der Waals surface area contributed by atoms with Crippen LogP contribution in [0.3, 0.4) is 0 Å². The summed E-state index contributed by atoms with van der Waals surface area (Å²) >= 11 is 0. The van der Waals surface area contributed by atoms with Crippen LogP contribution in [0.4, 0.5) is 4.79 Å². The fourth-order valence-electron chi connectivity index (χ4n) is 2.64. The molecule has 5 heteroatoms. The smallest absolute Gasteiger partial charge is 0.215 e. The number of aromatic nitrogens is 2. The van der Waals surface area contributed by atoms with Gasteiger partial charge in [-0.3, -0.25) is 4.79 Å². The lowest BCUT2D eigenvalue weighted by atomic mass is 9.94. The number of hydrogen-bond acceptors (Lipinski definition) is 3. The van der Waals surface area contributed by atoms with Crippen molar-refractivity contribution in [3.05, 3.63) is 36.3 Å². The Morgan fingerprint density at radius 1 is 1.26 bits per heavy atom. The zero-order valence-corrected chi connectivity index (χ0v) is 11.0. The van der Waals surface area contributed by atoms with E-state index >= 15 is 0 Å². The lowest BCUT2D eigenvalue weighted by Gasteiger charge is -2.30. The lowest BCUT2D eigenvalue weighted by Crippen LogP contribution is -2.37. The quantitative estimate of drug-likeness (QED) is 0.724. The molecule has 3 rings (SSSR count). The Bertz CT molecular complexity index is 608. The molecule has 1 amide bonds. The van der Waals surface area contributed by atoms with Crippen LogP contribution in [0, 0.1) is 0 Å². The summed E-state index contributed by atoms with van der Waals surface area (Å²) < 4.78 is 0. The van der Waals surface area contributed by atoms with Crippen molar-refractivity contribution in [2.45, 2.75) is 18.8 Å². The van der Waals surface area contributed by atoms with Crippen molar-refractivity contribution < 1.29 is 4.79 Å². The van der Waals surface area contributed by atoms with E-state index in [9.17, 15) is 4.79 Å². The van der Waals surface area contributed by atoms with Gasteiger partial charge in [-0.2, -0.15) is 0 Å². The minimum Gasteiger partial charge on any atom is -0.352 e. The average Bonchev–Trinajstić information content (AvgIpc) is 2.47. The van der Waals surface area contributed by atoms with Gasteiger partial charge < -0.3 is 4.90 Å². The SMILES string of the molecule is BC(=O)N1CCC(c2ncc3ccccc3n2)CC1. The Labute approximate surface area is 113 Å². The molecular weight excluding hydrogens is 237 g/mol. The van der Waals surface area contributed by atoms with Gasteiger partial charge in [0, 0.05) is 30.6 Å². The Morgan fingerprint density at radius 3 is 2.74 bits per heavy atom. The second-order valence-electron chi connectivity index (χ2n) is 5.07. The third kappa shape index (κ3) is 2.45. The molecule has 96 valence electrons. The number of likely N-dealkylation sites (tertiary alicyclic amines) is 1. The zero-order chi connectivity index (χ0) is 13.2. The van der Waals surface area contributed by atoms with Crippen molar-refractivity contribution in [1.29, 1.82) is 0 Å². The standard InChI is InChI=1S/C14H16BN3O/c15-14(19)18-7-5-10(6-8-18)13-16-9-11-3-1-2-4-12(11)17-13/h1-4,9-10H,5-8,15H2. The summed E-state index contributed by atoms with van der Waals surface area (Å²) in [7, 11) is 1.63. The van der Waals surface area contributed by atoms with Crippen LogP contribution >= 0.6 is 0 Å². The minimum atomic E-state index is 0.165. The predicted molar refractivity (Wildman–Crippen MR) is 77.0 cm³/mol. The highest BCUT2D eigenvalue weighted by Crippen LogP contribution is 2.26. The van der Waals surface area contributed by atoms with Gasteiger partial charge in [-0.05, 0) is 18.9 Å². The fourth-order valence-corrected chi connectivity index (χ4v) is 2.64. The molecule has 2 heterocycles. The van der Waals surface area contributed by atoms with Gasteiger partial charge in [0.15, 0.2) is 5.81 Å². The molecule has 0 aliphatic carbocycles. The molecular formula is C14H16BN3O. The molecule has 0 spiro atoms. The van der Waals surface area contributed by atoms with E-state index in [0.29, 0.717) is 5.92 Å². The number of carbonyl (C=O) groups excluding carboxylic acids is 1. The molecule has 1 aromatic carbocycles. The number of rotatable bonds is 1. The highest BCUT2D eigenvalue weighted by Gasteiger charge is 2.23. The molecule has 0 bridgehead atoms. The van der Waals surface area contributed by atoms with Gasteiger partial charge >= 0.3 is 0 Å². The number of carbonyl (C=O) groups is 1. The Morgan fingerprint density at radius 2 is 2.00 bits per heavy atom. The van der Waals surface area contributed by atoms with Crippen molar-refractivity contribution in [2.75, 3.05) is 13.1 Å². The van der Waals surface area contributed by atoms with E-state index in [-0.39, 0.29) is 5.81 Å². The summed E-state index contributed by atoms with van der Waals surface area (Å²) in [5, 5.41) is 1.08. The molecule has 0 unspecified atom stereocenters. The van der Waals surface area contributed by atoms with Crippen LogP contribution in [0.15, 0.2) is 30.5 Å². The molecule has 1 aromatic heterocycles. The molecule has 0 atom stereocenters. The minimum absolute atomic E-state index is 0.165. The first kappa shape index (κ1) is 12.1. The van der Waals surface area contributed by atoms with Crippen LogP contribution < -0.4 is 0 Å². The summed E-state index contributed by atoms with van der Waals surface area (Å²) in [5.41, 5.74) is 1.00. The fraction of sp³-hybridized carbons (Fsp3) is 0.357. The summed E-state index contributed by atoms with van der Waals surface area (Å²) in [6.45, 7) is 1.63. The van der Waals surface area contributed by atoms with Crippen molar-refractivity contribution >= 4 is 24.6 Å². The van der Waals surface area contributed by atoms with Gasteiger partial charge in [0.05, 0.1) is 5.52 Å². The van der Waals surface area contributed by atoms with Crippen LogP contribution in [-0.4, -0.2) is 41.6 Å². The van der Waals surface area contributed by atoms with Gasteiger partial charge in [-0.25, -0.2) is 9.97 Å². The van der Waals surface area contributed by atoms with E-state index in [0.717, 1.165) is 42.7 Å². The summed E-state index contributed by atoms with van der Waals surface area (Å²) in [6.07, 6.45) is 3.81. The number of fused-ring (bicyclic) bond motifs is 1. The Hall–Kier alpha value is -1.91. The average molecular weight is 253 g/mol. The van der Waals surface area contributed by atoms with E-state index < -0.39 is 0 Å². The van der Waals surface area contributed by atoms with E-state index in [1.807, 2.05) is 35.4 Å². The van der Waals surface area contributed by atoms with E-state index in [2.05, 4.69) is 9.97 Å². The Kier molecular flexibility index (Phi) is 3.19. The summed E-state index contributed by atoms with van der Waals surface area (Å²) in [4.78, 5) is 22.4. The van der Waals surface area contributed by atoms with Gasteiger partial charge in [-0.1, -0.05) is 18.2 Å². The molecule has 4 nitrogen and oxygen atoms in total. The van der Waals surface area contributed by atoms with Gasteiger partial charge in [-0.15, -0.1) is 0 Å². The maximum absolute atomic E-state index is 11.3. The largest absolute Gasteiger partial charge is 0.352 e. The third-order valence-electron chi connectivity index (χ3n) is 3.81. The highest BCUT2D eigenvalue weighted by atomic mass is 16.1. The van der Waals surface area contributed by atoms with E-state index in [1.54, 1.807) is 7.85 Å². The molecule has 0 saturated carbocycles. The van der Waals surface area contributed by atoms with Gasteiger partial charge in [0.1, 0.15) is 5.82 Å². The monoisotopic (exact) mass is 253 g/mol. The first-order valence-corrected chi connectivity index (χ1v) is 6.71. The third-order valence-corrected chi connectivity index (χ3v) is 3.81. The maximum atomic E-state index is 11.3. The van der Waals surface area contributed by atoms with Crippen LogP contribution in [0.2, 0.25) is 0 Å². The second-order valence-corrected chi connectivity index (χ2v) is 5.07. The van der Waals surface area contributed by atoms with Crippen molar-refractivity contribution in [1.82, 2.24) is 14.9 Å². The number of piperidine rings is 1. The predicted octanol–water partition coefficient (Wildman–Crippen LogP) is 1.56. The van der Waals surface area contributed by atoms with Crippen LogP contribution in [0.1, 0.15) is 24.6 Å². The lowest BCUT2D eigenvalue weighted by molar-refractivity contribution is 0.203. The highest BCUT2D eigenvalue weighted by molar-refractivity contribution is 6.56. The van der Waals surface area contributed by atoms with E-state index in [4.69, 9.17) is 0 Å². The van der Waals surface area contributed by atoms with Crippen molar-refractivity contribution in [3.63, 3.8) is 0 Å². The maximum Gasteiger partial charge on any atom is 0.215 e. The summed E-state index contributed by atoms with van der Waals surface area (Å²) in [5.74, 6) is 1.46. The Balaban J connectivity index is 1.80. The topological polar surface area (TPSA) is 46.1 Å². The van der Waals surface area contributed by atoms with E-state index in [1.165, 1.54) is 0 Å². The number of benzene rings is 1. The molecule has 2 aromatic rings. The number of hydrogen-bond donors (Lipinski definition) is 0. The normalized spacial score (nSPS) is 16.7. The molecule has 0 radical (unpaired) electrons. The summed E-state index contributed by atoms with van der Waals surface area (Å²) in [6, 6.07) is 8.04. The van der Waals surface area contributed by atoms with Crippen LogP contribution in [0.5, 0.6) is 0 Å². The number of nitrogens with zero attached hydrogens (tertiary/aromatic N) is 3. The first-order valence-electron chi connectivity index (χ1n) is 6.71. The van der Waals surface area contributed by atoms with Crippen LogP contribution in [0.25, 0.3) is 10.9 Å². The van der Waals surface area contributed by atoms with Crippen molar-refractivity contribution in [3.8, 4) is 0 Å². The molecule has 1 fully saturated rings.